The maximum atomic E-state index is 13.9. The summed E-state index contributed by atoms with van der Waals surface area (Å²) in [7, 11) is 3.09. The molecule has 1 aliphatic heterocycles. The highest BCUT2D eigenvalue weighted by Crippen LogP contribution is 2.30. The van der Waals surface area contributed by atoms with Gasteiger partial charge in [0.25, 0.3) is 5.91 Å². The molecule has 1 saturated heterocycles. The molecule has 1 fully saturated rings. The number of carbonyl (C=O) groups excluding carboxylic acids is 2. The first-order valence-corrected chi connectivity index (χ1v) is 9.66. The molecule has 0 aromatic heterocycles. The second-order valence-electron chi connectivity index (χ2n) is 7.06. The van der Waals surface area contributed by atoms with Gasteiger partial charge < -0.3 is 19.7 Å². The van der Waals surface area contributed by atoms with Crippen LogP contribution in [-0.2, 0) is 11.3 Å². The molecule has 2 aromatic rings. The summed E-state index contributed by atoms with van der Waals surface area (Å²) in [5.74, 6) is -1.30. The van der Waals surface area contributed by atoms with Gasteiger partial charge in [-0.25, -0.2) is 8.78 Å². The Morgan fingerprint density at radius 2 is 1.83 bits per heavy atom. The Morgan fingerprint density at radius 1 is 1.10 bits per heavy atom. The van der Waals surface area contributed by atoms with Crippen LogP contribution in [0.5, 0.6) is 11.5 Å². The van der Waals surface area contributed by atoms with Gasteiger partial charge in [0.1, 0.15) is 11.6 Å². The van der Waals surface area contributed by atoms with E-state index < -0.39 is 17.5 Å². The van der Waals surface area contributed by atoms with Gasteiger partial charge in [0.2, 0.25) is 5.91 Å². The number of ether oxygens (including phenoxy) is 2. The summed E-state index contributed by atoms with van der Waals surface area (Å²) in [5, 5.41) is 2.91. The largest absolute Gasteiger partial charge is 0.493 e. The van der Waals surface area contributed by atoms with E-state index in [0.717, 1.165) is 17.7 Å². The summed E-state index contributed by atoms with van der Waals surface area (Å²) in [4.78, 5) is 26.6. The molecule has 0 radical (unpaired) electrons. The molecular weight excluding hydrogens is 394 g/mol. The van der Waals surface area contributed by atoms with Crippen LogP contribution in [-0.4, -0.2) is 44.0 Å². The van der Waals surface area contributed by atoms with Crippen LogP contribution in [0.3, 0.4) is 0 Å². The number of halogens is 2. The van der Waals surface area contributed by atoms with Crippen LogP contribution in [0, 0.1) is 17.6 Å². The van der Waals surface area contributed by atoms with E-state index >= 15 is 0 Å². The van der Waals surface area contributed by atoms with Crippen molar-refractivity contribution in [3.63, 3.8) is 0 Å². The highest BCUT2D eigenvalue weighted by molar-refractivity contribution is 5.94. The molecule has 0 atom stereocenters. The highest BCUT2D eigenvalue weighted by Gasteiger charge is 2.29. The van der Waals surface area contributed by atoms with Crippen molar-refractivity contribution in [2.75, 3.05) is 27.3 Å². The summed E-state index contributed by atoms with van der Waals surface area (Å²) < 4.78 is 37.6. The molecule has 2 aromatic carbocycles. The number of piperidine rings is 1. The van der Waals surface area contributed by atoms with Crippen LogP contribution in [0.4, 0.5) is 8.78 Å². The summed E-state index contributed by atoms with van der Waals surface area (Å²) in [6.45, 7) is 0.950. The quantitative estimate of drug-likeness (QED) is 0.783. The van der Waals surface area contributed by atoms with E-state index in [1.807, 2.05) is 12.1 Å². The molecule has 8 heteroatoms. The van der Waals surface area contributed by atoms with Crippen LogP contribution in [0.2, 0.25) is 0 Å². The van der Waals surface area contributed by atoms with E-state index in [1.54, 1.807) is 20.3 Å². The first-order valence-electron chi connectivity index (χ1n) is 9.66. The maximum Gasteiger partial charge on any atom is 0.256 e. The Hall–Kier alpha value is -3.16. The molecule has 1 heterocycles. The molecule has 0 bridgehead atoms. The summed E-state index contributed by atoms with van der Waals surface area (Å²) in [5.41, 5.74) is 0.633. The van der Waals surface area contributed by atoms with Gasteiger partial charge in [0.05, 0.1) is 19.8 Å². The minimum Gasteiger partial charge on any atom is -0.493 e. The number of amides is 2. The van der Waals surface area contributed by atoms with E-state index in [0.29, 0.717) is 50.0 Å². The monoisotopic (exact) mass is 418 g/mol. The fourth-order valence-electron chi connectivity index (χ4n) is 3.60. The van der Waals surface area contributed by atoms with Crippen molar-refractivity contribution in [1.29, 1.82) is 0 Å². The lowest BCUT2D eigenvalue weighted by Gasteiger charge is -2.31. The Balaban J connectivity index is 1.55. The number of hydrogen-bond acceptors (Lipinski definition) is 4. The molecule has 1 N–H and O–H groups in total. The number of para-hydroxylation sites is 1. The SMILES string of the molecule is COc1cccc(CNC(=O)C2CCN(C(=O)c3ccc(F)cc3F)CC2)c1OC. The molecule has 160 valence electrons. The Bertz CT molecular complexity index is 927. The molecule has 0 aliphatic carbocycles. The van der Waals surface area contributed by atoms with Crippen LogP contribution in [0.15, 0.2) is 36.4 Å². The van der Waals surface area contributed by atoms with E-state index in [2.05, 4.69) is 5.32 Å². The number of nitrogens with one attached hydrogen (secondary N) is 1. The minimum absolute atomic E-state index is 0.111. The van der Waals surface area contributed by atoms with E-state index in [4.69, 9.17) is 9.47 Å². The van der Waals surface area contributed by atoms with Crippen molar-refractivity contribution in [2.24, 2.45) is 5.92 Å². The van der Waals surface area contributed by atoms with Crippen LogP contribution in [0.1, 0.15) is 28.8 Å². The van der Waals surface area contributed by atoms with Gasteiger partial charge in [-0.3, -0.25) is 9.59 Å². The standard InChI is InChI=1S/C22H24F2N2O4/c1-29-19-5-3-4-15(20(19)30-2)13-25-21(27)14-8-10-26(11-9-14)22(28)17-7-6-16(23)12-18(17)24/h3-7,12,14H,8-11,13H2,1-2H3,(H,25,27). The van der Waals surface area contributed by atoms with E-state index in [1.165, 1.54) is 4.90 Å². The molecule has 0 spiro atoms. The van der Waals surface area contributed by atoms with Crippen molar-refractivity contribution in [2.45, 2.75) is 19.4 Å². The zero-order valence-electron chi connectivity index (χ0n) is 16.9. The molecule has 0 saturated carbocycles. The molecular formula is C22H24F2N2O4. The minimum atomic E-state index is -0.882. The summed E-state index contributed by atoms with van der Waals surface area (Å²) in [6, 6.07) is 8.35. The zero-order chi connectivity index (χ0) is 21.7. The van der Waals surface area contributed by atoms with Crippen molar-refractivity contribution < 1.29 is 27.8 Å². The number of likely N-dealkylation sites (tertiary alicyclic amines) is 1. The first-order chi connectivity index (χ1) is 14.4. The van der Waals surface area contributed by atoms with Gasteiger partial charge in [-0.15, -0.1) is 0 Å². The number of hydrogen-bond donors (Lipinski definition) is 1. The van der Waals surface area contributed by atoms with Crippen LogP contribution >= 0.6 is 0 Å². The van der Waals surface area contributed by atoms with Gasteiger partial charge in [-0.1, -0.05) is 12.1 Å². The lowest BCUT2D eigenvalue weighted by molar-refractivity contribution is -0.126. The van der Waals surface area contributed by atoms with Gasteiger partial charge in [0, 0.05) is 37.2 Å². The normalized spacial score (nSPS) is 14.3. The highest BCUT2D eigenvalue weighted by atomic mass is 19.1. The number of benzene rings is 2. The molecule has 2 amide bonds. The number of nitrogens with zero attached hydrogens (tertiary/aromatic N) is 1. The van der Waals surface area contributed by atoms with Crippen LogP contribution in [0.25, 0.3) is 0 Å². The van der Waals surface area contributed by atoms with E-state index in [-0.39, 0.29) is 17.4 Å². The molecule has 1 aliphatic rings. The zero-order valence-corrected chi connectivity index (χ0v) is 16.9. The lowest BCUT2D eigenvalue weighted by atomic mass is 9.95. The average molecular weight is 418 g/mol. The van der Waals surface area contributed by atoms with E-state index in [9.17, 15) is 18.4 Å². The van der Waals surface area contributed by atoms with Crippen molar-refractivity contribution in [3.8, 4) is 11.5 Å². The molecule has 3 rings (SSSR count). The first kappa shape index (κ1) is 21.5. The third kappa shape index (κ3) is 4.69. The van der Waals surface area contributed by atoms with Crippen molar-refractivity contribution in [1.82, 2.24) is 10.2 Å². The average Bonchev–Trinajstić information content (AvgIpc) is 2.76. The van der Waals surface area contributed by atoms with Gasteiger partial charge >= 0.3 is 0 Å². The smallest absolute Gasteiger partial charge is 0.256 e. The predicted molar refractivity (Wildman–Crippen MR) is 106 cm³/mol. The third-order valence-electron chi connectivity index (χ3n) is 5.25. The number of rotatable bonds is 6. The maximum absolute atomic E-state index is 13.9. The fraction of sp³-hybridized carbons (Fsp3) is 0.364. The second-order valence-corrected chi connectivity index (χ2v) is 7.06. The fourth-order valence-corrected chi connectivity index (χ4v) is 3.60. The van der Waals surface area contributed by atoms with Crippen molar-refractivity contribution >= 4 is 11.8 Å². The summed E-state index contributed by atoms with van der Waals surface area (Å²) >= 11 is 0. The number of carbonyl (C=O) groups is 2. The van der Waals surface area contributed by atoms with Crippen molar-refractivity contribution in [3.05, 3.63) is 59.2 Å². The molecule has 6 nitrogen and oxygen atoms in total. The van der Waals surface area contributed by atoms with Gasteiger partial charge in [0.15, 0.2) is 11.5 Å². The van der Waals surface area contributed by atoms with Gasteiger partial charge in [-0.05, 0) is 31.0 Å². The Morgan fingerprint density at radius 3 is 2.47 bits per heavy atom. The second kappa shape index (κ2) is 9.56. The third-order valence-corrected chi connectivity index (χ3v) is 5.25. The molecule has 0 unspecified atom stereocenters. The summed E-state index contributed by atoms with van der Waals surface area (Å²) in [6.07, 6.45) is 0.936. The number of methoxy groups -OCH3 is 2. The topological polar surface area (TPSA) is 67.9 Å². The lowest BCUT2D eigenvalue weighted by Crippen LogP contribution is -2.43. The predicted octanol–water partition coefficient (Wildman–Crippen LogP) is 3.15. The van der Waals surface area contributed by atoms with Gasteiger partial charge in [-0.2, -0.15) is 0 Å². The Kier molecular flexibility index (Phi) is 6.87. The van der Waals surface area contributed by atoms with Crippen LogP contribution < -0.4 is 14.8 Å². The Labute approximate surface area is 173 Å². The molecule has 30 heavy (non-hydrogen) atoms.